The number of aliphatic hydroxyl groups is 1. The van der Waals surface area contributed by atoms with E-state index in [0.29, 0.717) is 12.8 Å². The van der Waals surface area contributed by atoms with Crippen LogP contribution in [0, 0.1) is 0 Å². The van der Waals surface area contributed by atoms with Crippen LogP contribution in [0.5, 0.6) is 0 Å². The number of nitrogens with one attached hydrogen (secondary N) is 1. The number of carbonyl (C=O) groups is 2. The molecule has 0 aliphatic heterocycles. The van der Waals surface area contributed by atoms with Gasteiger partial charge in [0.2, 0.25) is 5.91 Å². The molecule has 0 aromatic carbocycles. The summed E-state index contributed by atoms with van der Waals surface area (Å²) in [6.45, 7) is 3.62. The summed E-state index contributed by atoms with van der Waals surface area (Å²) in [5, 5.41) is 12.7. The average Bonchev–Trinajstić information content (AvgIpc) is 3.21. The molecule has 1 amide bonds. The average molecular weight is 846 g/mol. The van der Waals surface area contributed by atoms with Gasteiger partial charge >= 0.3 is 13.8 Å². The Morgan fingerprint density at radius 3 is 1.12 bits per heavy atom. The third kappa shape index (κ3) is 46.1. The molecular weight excluding hydrogens is 750 g/mol. The van der Waals surface area contributed by atoms with Crippen molar-refractivity contribution in [3.63, 3.8) is 0 Å². The number of phosphoric acid groups is 1. The maximum Gasteiger partial charge on any atom is 0.472 e. The molecule has 9 nitrogen and oxygen atoms in total. The lowest BCUT2D eigenvalue weighted by atomic mass is 10.0. The molecule has 2 atom stereocenters. The van der Waals surface area contributed by atoms with Crippen molar-refractivity contribution in [3.8, 4) is 0 Å². The van der Waals surface area contributed by atoms with Crippen molar-refractivity contribution in [3.05, 3.63) is 0 Å². The number of phosphoric ester groups is 1. The van der Waals surface area contributed by atoms with E-state index in [4.69, 9.17) is 13.8 Å². The quantitative estimate of drug-likeness (QED) is 0.0313. The number of ether oxygens (including phenoxy) is 1. The highest BCUT2D eigenvalue weighted by atomic mass is 31.2. The van der Waals surface area contributed by atoms with Gasteiger partial charge in [-0.15, -0.1) is 0 Å². The fraction of sp³-hybridized carbons (Fsp3) is 0.958. The van der Waals surface area contributed by atoms with Crippen LogP contribution in [0.4, 0.5) is 0 Å². The maximum absolute atomic E-state index is 12.1. The van der Waals surface area contributed by atoms with Crippen molar-refractivity contribution in [1.29, 1.82) is 0 Å². The van der Waals surface area contributed by atoms with Gasteiger partial charge in [0.05, 0.1) is 13.2 Å². The van der Waals surface area contributed by atoms with Gasteiger partial charge < -0.3 is 20.1 Å². The summed E-state index contributed by atoms with van der Waals surface area (Å²) in [5.41, 5.74) is 0. The molecule has 0 aliphatic rings. The molecule has 0 saturated carbocycles. The molecular formula is C48H96NO8P. The van der Waals surface area contributed by atoms with Crippen molar-refractivity contribution < 1.29 is 37.9 Å². The van der Waals surface area contributed by atoms with Crippen LogP contribution < -0.4 is 5.32 Å². The van der Waals surface area contributed by atoms with Gasteiger partial charge in [0.25, 0.3) is 0 Å². The topological polar surface area (TPSA) is 131 Å². The second-order valence-corrected chi connectivity index (χ2v) is 18.6. The molecule has 0 spiro atoms. The van der Waals surface area contributed by atoms with E-state index in [9.17, 15) is 24.2 Å². The normalized spacial score (nSPS) is 13.1. The van der Waals surface area contributed by atoms with E-state index in [2.05, 4.69) is 19.2 Å². The number of rotatable bonds is 48. The van der Waals surface area contributed by atoms with E-state index in [1.165, 1.54) is 199 Å². The predicted octanol–water partition coefficient (Wildman–Crippen LogP) is 14.4. The van der Waals surface area contributed by atoms with E-state index >= 15 is 0 Å². The highest BCUT2D eigenvalue weighted by Crippen LogP contribution is 2.42. The van der Waals surface area contributed by atoms with Crippen LogP contribution >= 0.6 is 7.82 Å². The highest BCUT2D eigenvalue weighted by molar-refractivity contribution is 7.47. The molecule has 0 fully saturated rings. The summed E-state index contributed by atoms with van der Waals surface area (Å²) in [4.78, 5) is 34.0. The van der Waals surface area contributed by atoms with E-state index in [1.54, 1.807) is 0 Å². The molecule has 3 N–H and O–H groups in total. The molecule has 0 rings (SSSR count). The van der Waals surface area contributed by atoms with Gasteiger partial charge in [0.1, 0.15) is 12.7 Å². The Bertz CT molecular complexity index is 922. The second-order valence-electron chi connectivity index (χ2n) is 17.2. The second kappa shape index (κ2) is 45.5. The summed E-state index contributed by atoms with van der Waals surface area (Å²) >= 11 is 0. The Kier molecular flexibility index (Phi) is 44.8. The number of esters is 1. The third-order valence-electron chi connectivity index (χ3n) is 11.3. The van der Waals surface area contributed by atoms with Gasteiger partial charge in [0.15, 0.2) is 0 Å². The third-order valence-corrected chi connectivity index (χ3v) is 12.3. The molecule has 0 aromatic rings. The minimum absolute atomic E-state index is 0.0887. The molecule has 10 heteroatoms. The van der Waals surface area contributed by atoms with Crippen molar-refractivity contribution in [2.45, 2.75) is 270 Å². The molecule has 58 heavy (non-hydrogen) atoms. The van der Waals surface area contributed by atoms with Crippen LogP contribution in [0.25, 0.3) is 0 Å². The van der Waals surface area contributed by atoms with Crippen LogP contribution in [0.15, 0.2) is 0 Å². The van der Waals surface area contributed by atoms with Crippen LogP contribution in [0.3, 0.4) is 0 Å². The molecule has 0 bridgehead atoms. The van der Waals surface area contributed by atoms with Gasteiger partial charge in [-0.2, -0.15) is 0 Å². The largest absolute Gasteiger partial charge is 0.472 e. The van der Waals surface area contributed by atoms with Gasteiger partial charge in [-0.05, 0) is 12.8 Å². The van der Waals surface area contributed by atoms with Crippen molar-refractivity contribution in [2.75, 3.05) is 26.4 Å². The number of hydrogen-bond donors (Lipinski definition) is 3. The fourth-order valence-corrected chi connectivity index (χ4v) is 8.26. The van der Waals surface area contributed by atoms with E-state index in [1.807, 2.05) is 0 Å². The lowest BCUT2D eigenvalue weighted by Crippen LogP contribution is -2.27. The lowest BCUT2D eigenvalue weighted by molar-refractivity contribution is -0.147. The zero-order valence-electron chi connectivity index (χ0n) is 38.3. The minimum Gasteiger partial charge on any atom is -0.463 e. The number of unbranched alkanes of at least 4 members (excludes halogenated alkanes) is 35. The molecule has 346 valence electrons. The first-order valence-corrected chi connectivity index (χ1v) is 26.5. The van der Waals surface area contributed by atoms with E-state index in [-0.39, 0.29) is 25.7 Å². The summed E-state index contributed by atoms with van der Waals surface area (Å²) in [6.07, 6.45) is 47.5. The summed E-state index contributed by atoms with van der Waals surface area (Å²) < 4.78 is 27.0. The molecule has 0 saturated heterocycles. The van der Waals surface area contributed by atoms with Gasteiger partial charge in [-0.3, -0.25) is 18.6 Å². The first-order valence-electron chi connectivity index (χ1n) is 25.0. The van der Waals surface area contributed by atoms with Crippen LogP contribution in [-0.2, 0) is 27.9 Å². The lowest BCUT2D eigenvalue weighted by Gasteiger charge is -2.15. The standard InChI is InChI=1S/C48H96NO8P/c1-3-5-7-9-11-13-15-17-19-21-23-25-27-29-31-33-35-37-39-41-48(52)55-44-46(50)45-57-58(53,54)56-43-42-49-47(51)40-38-36-34-32-30-28-26-24-22-20-18-16-14-12-10-8-6-4-2/h46,50H,3-45H2,1-2H3,(H,49,51)(H,53,54). The summed E-state index contributed by atoms with van der Waals surface area (Å²) in [6, 6.07) is 0. The Balaban J connectivity index is 3.51. The predicted molar refractivity (Wildman–Crippen MR) is 243 cm³/mol. The molecule has 2 unspecified atom stereocenters. The summed E-state index contributed by atoms with van der Waals surface area (Å²) in [5.74, 6) is -0.499. The Morgan fingerprint density at radius 2 is 0.776 bits per heavy atom. The highest BCUT2D eigenvalue weighted by Gasteiger charge is 2.23. The Hall–Kier alpha value is -0.990. The Labute approximate surface area is 358 Å². The van der Waals surface area contributed by atoms with Gasteiger partial charge in [-0.1, -0.05) is 239 Å². The first-order chi connectivity index (χ1) is 28.3. The molecule has 0 radical (unpaired) electrons. The van der Waals surface area contributed by atoms with E-state index < -0.39 is 26.5 Å². The number of carbonyl (C=O) groups excluding carboxylic acids is 2. The monoisotopic (exact) mass is 846 g/mol. The molecule has 0 heterocycles. The Morgan fingerprint density at radius 1 is 0.466 bits per heavy atom. The van der Waals surface area contributed by atoms with Crippen LogP contribution in [0.2, 0.25) is 0 Å². The van der Waals surface area contributed by atoms with Crippen molar-refractivity contribution in [1.82, 2.24) is 5.32 Å². The minimum atomic E-state index is -4.41. The summed E-state index contributed by atoms with van der Waals surface area (Å²) in [7, 11) is -4.41. The van der Waals surface area contributed by atoms with Crippen LogP contribution in [0.1, 0.15) is 264 Å². The van der Waals surface area contributed by atoms with Gasteiger partial charge in [0, 0.05) is 19.4 Å². The SMILES string of the molecule is CCCCCCCCCCCCCCCCCCCCCC(=O)OCC(O)COP(=O)(O)OCCNC(=O)CCCCCCCCCCCCCCCCCCCC. The van der Waals surface area contributed by atoms with E-state index in [0.717, 1.165) is 38.5 Å². The zero-order chi connectivity index (χ0) is 42.5. The number of amides is 1. The van der Waals surface area contributed by atoms with Crippen LogP contribution in [-0.4, -0.2) is 54.3 Å². The zero-order valence-corrected chi connectivity index (χ0v) is 39.2. The van der Waals surface area contributed by atoms with Crippen molar-refractivity contribution in [2.24, 2.45) is 0 Å². The maximum atomic E-state index is 12.1. The number of hydrogen-bond acceptors (Lipinski definition) is 7. The van der Waals surface area contributed by atoms with Crippen molar-refractivity contribution >= 4 is 19.7 Å². The smallest absolute Gasteiger partial charge is 0.463 e. The first kappa shape index (κ1) is 57.0. The fourth-order valence-electron chi connectivity index (χ4n) is 7.50. The number of aliphatic hydroxyl groups excluding tert-OH is 1. The van der Waals surface area contributed by atoms with Gasteiger partial charge in [-0.25, -0.2) is 4.57 Å². The molecule has 0 aliphatic carbocycles. The molecule has 0 aromatic heterocycles.